The minimum Gasteiger partial charge on any atom is -0.349 e. The third kappa shape index (κ3) is 4.62. The van der Waals surface area contributed by atoms with E-state index in [0.29, 0.717) is 42.6 Å². The van der Waals surface area contributed by atoms with Gasteiger partial charge < -0.3 is 15.1 Å². The number of carbonyl (C=O) groups excluding carboxylic acids is 2. The number of hydrogen-bond donors (Lipinski definition) is 1. The summed E-state index contributed by atoms with van der Waals surface area (Å²) in [5.41, 5.74) is 1.65. The Morgan fingerprint density at radius 3 is 2.69 bits per heavy atom. The minimum atomic E-state index is -0.227. The standard InChI is InChI=1S/C21H26ClN5O2/c22-17-7-3-2-6-16(17)15-26-12-13-27-19(21(26)29)14-18(24-27)20(28)23-8-11-25-9-4-1-5-10-25/h2-3,6-7,14H,1,4-5,8-13,15H2,(H,23,28). The zero-order chi connectivity index (χ0) is 20.2. The predicted molar refractivity (Wildman–Crippen MR) is 111 cm³/mol. The van der Waals surface area contributed by atoms with Gasteiger partial charge >= 0.3 is 0 Å². The molecule has 2 amide bonds. The van der Waals surface area contributed by atoms with E-state index >= 15 is 0 Å². The first kappa shape index (κ1) is 19.9. The Hall–Kier alpha value is -2.38. The van der Waals surface area contributed by atoms with E-state index in [1.807, 2.05) is 24.3 Å². The highest BCUT2D eigenvalue weighted by Gasteiger charge is 2.28. The van der Waals surface area contributed by atoms with Gasteiger partial charge in [0.25, 0.3) is 11.8 Å². The predicted octanol–water partition coefficient (Wildman–Crippen LogP) is 2.41. The molecule has 1 aromatic heterocycles. The van der Waals surface area contributed by atoms with Gasteiger partial charge in [-0.2, -0.15) is 5.10 Å². The zero-order valence-electron chi connectivity index (χ0n) is 16.4. The molecule has 0 aliphatic carbocycles. The van der Waals surface area contributed by atoms with Crippen LogP contribution in [0.5, 0.6) is 0 Å². The van der Waals surface area contributed by atoms with Crippen molar-refractivity contribution in [3.8, 4) is 0 Å². The summed E-state index contributed by atoms with van der Waals surface area (Å²) in [6, 6.07) is 9.11. The molecule has 154 valence electrons. The summed E-state index contributed by atoms with van der Waals surface area (Å²) in [6.07, 6.45) is 3.76. The molecule has 0 spiro atoms. The van der Waals surface area contributed by atoms with E-state index in [-0.39, 0.29) is 11.8 Å². The Labute approximate surface area is 175 Å². The van der Waals surface area contributed by atoms with Crippen molar-refractivity contribution in [2.24, 2.45) is 0 Å². The monoisotopic (exact) mass is 415 g/mol. The third-order valence-corrected chi connectivity index (χ3v) is 5.95. The van der Waals surface area contributed by atoms with E-state index in [0.717, 1.165) is 25.2 Å². The highest BCUT2D eigenvalue weighted by molar-refractivity contribution is 6.31. The van der Waals surface area contributed by atoms with E-state index in [1.54, 1.807) is 15.6 Å². The Balaban J connectivity index is 1.36. The summed E-state index contributed by atoms with van der Waals surface area (Å²) in [4.78, 5) is 29.5. The Morgan fingerprint density at radius 1 is 1.10 bits per heavy atom. The molecule has 3 heterocycles. The number of rotatable bonds is 6. The van der Waals surface area contributed by atoms with Gasteiger partial charge in [-0.25, -0.2) is 0 Å². The number of benzene rings is 1. The van der Waals surface area contributed by atoms with Crippen molar-refractivity contribution in [2.75, 3.05) is 32.7 Å². The Kier molecular flexibility index (Phi) is 6.16. The highest BCUT2D eigenvalue weighted by Crippen LogP contribution is 2.21. The summed E-state index contributed by atoms with van der Waals surface area (Å²) >= 11 is 6.23. The van der Waals surface area contributed by atoms with Gasteiger partial charge in [-0.1, -0.05) is 36.2 Å². The van der Waals surface area contributed by atoms with Crippen LogP contribution in [0.3, 0.4) is 0 Å². The highest BCUT2D eigenvalue weighted by atomic mass is 35.5. The number of hydrogen-bond acceptors (Lipinski definition) is 4. The first-order valence-electron chi connectivity index (χ1n) is 10.2. The first-order chi connectivity index (χ1) is 14.1. The van der Waals surface area contributed by atoms with Gasteiger partial charge in [0.05, 0.1) is 6.54 Å². The fraction of sp³-hybridized carbons (Fsp3) is 0.476. The second-order valence-corrected chi connectivity index (χ2v) is 8.02. The van der Waals surface area contributed by atoms with Crippen LogP contribution < -0.4 is 5.32 Å². The van der Waals surface area contributed by atoms with E-state index in [2.05, 4.69) is 15.3 Å². The SMILES string of the molecule is O=C(NCCN1CCCCC1)c1cc2n(n1)CCN(Cc1ccccc1Cl)C2=O. The third-order valence-electron chi connectivity index (χ3n) is 5.58. The second-order valence-electron chi connectivity index (χ2n) is 7.61. The van der Waals surface area contributed by atoms with Gasteiger partial charge in [-0.05, 0) is 37.6 Å². The van der Waals surface area contributed by atoms with Crippen LogP contribution in [-0.2, 0) is 13.1 Å². The van der Waals surface area contributed by atoms with Crippen molar-refractivity contribution < 1.29 is 9.59 Å². The van der Waals surface area contributed by atoms with Crippen LogP contribution in [0, 0.1) is 0 Å². The summed E-state index contributed by atoms with van der Waals surface area (Å²) < 4.78 is 1.63. The molecule has 1 saturated heterocycles. The van der Waals surface area contributed by atoms with Crippen molar-refractivity contribution in [3.05, 3.63) is 52.3 Å². The molecule has 0 unspecified atom stereocenters. The lowest BCUT2D eigenvalue weighted by Crippen LogP contribution is -2.39. The first-order valence-corrected chi connectivity index (χ1v) is 10.6. The number of piperidine rings is 1. The van der Waals surface area contributed by atoms with Crippen molar-refractivity contribution in [1.82, 2.24) is 24.9 Å². The van der Waals surface area contributed by atoms with Crippen molar-refractivity contribution >= 4 is 23.4 Å². The normalized spacial score (nSPS) is 17.3. The van der Waals surface area contributed by atoms with Gasteiger partial charge in [0, 0.05) is 37.3 Å². The maximum Gasteiger partial charge on any atom is 0.272 e. The van der Waals surface area contributed by atoms with Crippen molar-refractivity contribution in [2.45, 2.75) is 32.4 Å². The fourth-order valence-electron chi connectivity index (χ4n) is 3.93. The van der Waals surface area contributed by atoms with E-state index < -0.39 is 0 Å². The molecule has 0 saturated carbocycles. The number of carbonyl (C=O) groups is 2. The lowest BCUT2D eigenvalue weighted by atomic mass is 10.1. The average molecular weight is 416 g/mol. The molecular weight excluding hydrogens is 390 g/mol. The second kappa shape index (κ2) is 8.97. The van der Waals surface area contributed by atoms with E-state index in [1.165, 1.54) is 19.3 Å². The van der Waals surface area contributed by atoms with Gasteiger partial charge in [0.1, 0.15) is 5.69 Å². The number of nitrogens with one attached hydrogen (secondary N) is 1. The van der Waals surface area contributed by atoms with Crippen LogP contribution in [0.2, 0.25) is 5.02 Å². The number of aromatic nitrogens is 2. The average Bonchev–Trinajstić information content (AvgIpc) is 3.18. The molecule has 2 aromatic rings. The lowest BCUT2D eigenvalue weighted by Gasteiger charge is -2.27. The largest absolute Gasteiger partial charge is 0.349 e. The fourth-order valence-corrected chi connectivity index (χ4v) is 4.13. The van der Waals surface area contributed by atoms with Gasteiger partial charge in [0.2, 0.25) is 0 Å². The van der Waals surface area contributed by atoms with Crippen molar-refractivity contribution in [3.63, 3.8) is 0 Å². The van der Waals surface area contributed by atoms with Crippen LogP contribution in [0.4, 0.5) is 0 Å². The molecule has 1 N–H and O–H groups in total. The van der Waals surface area contributed by atoms with Gasteiger partial charge in [-0.15, -0.1) is 0 Å². The van der Waals surface area contributed by atoms with Crippen LogP contribution in [0.15, 0.2) is 30.3 Å². The topological polar surface area (TPSA) is 70.5 Å². The molecule has 0 atom stereocenters. The zero-order valence-corrected chi connectivity index (χ0v) is 17.2. The Bertz CT molecular complexity index is 891. The van der Waals surface area contributed by atoms with Crippen LogP contribution in [-0.4, -0.2) is 64.1 Å². The molecule has 0 bridgehead atoms. The molecule has 2 aliphatic rings. The summed E-state index contributed by atoms with van der Waals surface area (Å²) in [6.45, 7) is 5.19. The molecule has 29 heavy (non-hydrogen) atoms. The smallest absolute Gasteiger partial charge is 0.272 e. The van der Waals surface area contributed by atoms with Crippen LogP contribution >= 0.6 is 11.6 Å². The number of fused-ring (bicyclic) bond motifs is 1. The van der Waals surface area contributed by atoms with Gasteiger partial charge in [-0.3, -0.25) is 14.3 Å². The Morgan fingerprint density at radius 2 is 1.90 bits per heavy atom. The number of amides is 2. The van der Waals surface area contributed by atoms with Crippen LogP contribution in [0.1, 0.15) is 45.8 Å². The maximum absolute atomic E-state index is 12.9. The lowest BCUT2D eigenvalue weighted by molar-refractivity contribution is 0.0683. The molecule has 7 nitrogen and oxygen atoms in total. The molecule has 4 rings (SSSR count). The quantitative estimate of drug-likeness (QED) is 0.786. The molecule has 1 fully saturated rings. The van der Waals surface area contributed by atoms with Crippen molar-refractivity contribution in [1.29, 1.82) is 0 Å². The number of nitrogens with zero attached hydrogens (tertiary/aromatic N) is 4. The summed E-state index contributed by atoms with van der Waals surface area (Å²) in [7, 11) is 0. The molecule has 0 radical (unpaired) electrons. The van der Waals surface area contributed by atoms with E-state index in [4.69, 9.17) is 11.6 Å². The van der Waals surface area contributed by atoms with Crippen LogP contribution in [0.25, 0.3) is 0 Å². The molecule has 8 heteroatoms. The van der Waals surface area contributed by atoms with Gasteiger partial charge in [0.15, 0.2) is 5.69 Å². The molecular formula is C21H26ClN5O2. The number of halogens is 1. The number of likely N-dealkylation sites (tertiary alicyclic amines) is 1. The summed E-state index contributed by atoms with van der Waals surface area (Å²) in [5.74, 6) is -0.356. The molecule has 1 aromatic carbocycles. The van der Waals surface area contributed by atoms with E-state index in [9.17, 15) is 9.59 Å². The maximum atomic E-state index is 12.9. The molecule has 2 aliphatic heterocycles. The summed E-state index contributed by atoms with van der Waals surface area (Å²) in [5, 5.41) is 7.92. The minimum absolute atomic E-state index is 0.129.